The summed E-state index contributed by atoms with van der Waals surface area (Å²) in [6.45, 7) is 3.72. The van der Waals surface area contributed by atoms with E-state index in [9.17, 15) is 4.79 Å². The van der Waals surface area contributed by atoms with Crippen LogP contribution in [0.15, 0.2) is 46.9 Å². The Hall–Kier alpha value is -2.01. The highest BCUT2D eigenvalue weighted by Gasteiger charge is 2.21. The number of anilines is 1. The second-order valence-corrected chi connectivity index (χ2v) is 6.18. The van der Waals surface area contributed by atoms with E-state index in [1.54, 1.807) is 50.2 Å². The summed E-state index contributed by atoms with van der Waals surface area (Å²) in [6, 6.07) is 13.0. The van der Waals surface area contributed by atoms with Crippen LogP contribution in [-0.2, 0) is 4.79 Å². The van der Waals surface area contributed by atoms with Crippen molar-refractivity contribution in [2.45, 2.75) is 20.0 Å². The Bertz CT molecular complexity index is 685. The predicted molar refractivity (Wildman–Crippen MR) is 95.4 cm³/mol. The Kier molecular flexibility index (Phi) is 5.66. The average molecular weight is 378 g/mol. The zero-order valence-electron chi connectivity index (χ0n) is 13.7. The Morgan fingerprint density at radius 3 is 2.30 bits per heavy atom. The maximum absolute atomic E-state index is 12.6. The van der Waals surface area contributed by atoms with Crippen molar-refractivity contribution in [1.29, 1.82) is 0 Å². The lowest BCUT2D eigenvalue weighted by Crippen LogP contribution is -2.38. The molecule has 0 aromatic heterocycles. The molecule has 0 fully saturated rings. The second-order valence-electron chi connectivity index (χ2n) is 5.26. The molecule has 122 valence electrons. The van der Waals surface area contributed by atoms with Crippen LogP contribution in [0.2, 0.25) is 0 Å². The van der Waals surface area contributed by atoms with E-state index in [0.717, 1.165) is 21.5 Å². The van der Waals surface area contributed by atoms with Crippen LogP contribution < -0.4 is 14.4 Å². The number of carbonyl (C=O) groups excluding carboxylic acids is 1. The first-order valence-corrected chi connectivity index (χ1v) is 8.06. The van der Waals surface area contributed by atoms with E-state index in [2.05, 4.69) is 15.9 Å². The number of carbonyl (C=O) groups is 1. The first-order chi connectivity index (χ1) is 10.9. The first-order valence-electron chi connectivity index (χ1n) is 7.27. The summed E-state index contributed by atoms with van der Waals surface area (Å²) in [5.41, 5.74) is 1.88. The van der Waals surface area contributed by atoms with E-state index >= 15 is 0 Å². The minimum Gasteiger partial charge on any atom is -0.497 e. The van der Waals surface area contributed by atoms with Gasteiger partial charge in [0.05, 0.1) is 7.11 Å². The minimum absolute atomic E-state index is 0.105. The van der Waals surface area contributed by atoms with Crippen molar-refractivity contribution in [2.75, 3.05) is 19.1 Å². The van der Waals surface area contributed by atoms with Crippen LogP contribution in [0.4, 0.5) is 5.69 Å². The Morgan fingerprint density at radius 1 is 1.13 bits per heavy atom. The van der Waals surface area contributed by atoms with Gasteiger partial charge in [0.2, 0.25) is 0 Å². The molecular formula is C18H20BrNO3. The number of hydrogen-bond acceptors (Lipinski definition) is 3. The van der Waals surface area contributed by atoms with Crippen molar-refractivity contribution in [1.82, 2.24) is 0 Å². The van der Waals surface area contributed by atoms with E-state index in [-0.39, 0.29) is 5.91 Å². The van der Waals surface area contributed by atoms with Gasteiger partial charge in [-0.3, -0.25) is 4.79 Å². The zero-order valence-corrected chi connectivity index (χ0v) is 15.3. The van der Waals surface area contributed by atoms with Crippen molar-refractivity contribution in [3.8, 4) is 11.5 Å². The molecule has 1 amide bonds. The van der Waals surface area contributed by atoms with Crippen LogP contribution in [0, 0.1) is 6.92 Å². The molecular weight excluding hydrogens is 358 g/mol. The highest BCUT2D eigenvalue weighted by Crippen LogP contribution is 2.24. The molecule has 0 spiro atoms. The van der Waals surface area contributed by atoms with Gasteiger partial charge in [-0.15, -0.1) is 0 Å². The number of ether oxygens (including phenoxy) is 2. The van der Waals surface area contributed by atoms with E-state index in [0.29, 0.717) is 5.75 Å². The third-order valence-corrected chi connectivity index (χ3v) is 4.06. The first kappa shape index (κ1) is 17.3. The topological polar surface area (TPSA) is 38.8 Å². The molecule has 0 aliphatic heterocycles. The molecule has 0 heterocycles. The molecule has 0 N–H and O–H groups in total. The molecule has 0 saturated carbocycles. The van der Waals surface area contributed by atoms with Crippen molar-refractivity contribution >= 4 is 27.5 Å². The third kappa shape index (κ3) is 4.26. The fraction of sp³-hybridized carbons (Fsp3) is 0.278. The van der Waals surface area contributed by atoms with E-state index in [1.165, 1.54) is 0 Å². The molecule has 0 saturated heterocycles. The summed E-state index contributed by atoms with van der Waals surface area (Å²) in [4.78, 5) is 14.2. The van der Waals surface area contributed by atoms with Gasteiger partial charge >= 0.3 is 0 Å². The van der Waals surface area contributed by atoms with Gasteiger partial charge in [0.1, 0.15) is 11.5 Å². The number of aryl methyl sites for hydroxylation is 1. The van der Waals surface area contributed by atoms with Crippen LogP contribution in [0.25, 0.3) is 0 Å². The van der Waals surface area contributed by atoms with E-state index < -0.39 is 6.10 Å². The zero-order chi connectivity index (χ0) is 17.0. The smallest absolute Gasteiger partial charge is 0.267 e. The van der Waals surface area contributed by atoms with Crippen LogP contribution in [-0.4, -0.2) is 26.2 Å². The van der Waals surface area contributed by atoms with Crippen molar-refractivity contribution < 1.29 is 14.3 Å². The van der Waals surface area contributed by atoms with Gasteiger partial charge in [-0.25, -0.2) is 0 Å². The third-order valence-electron chi connectivity index (χ3n) is 3.57. The van der Waals surface area contributed by atoms with E-state index in [1.807, 2.05) is 25.1 Å². The fourth-order valence-electron chi connectivity index (χ4n) is 2.30. The molecule has 2 aromatic rings. The largest absolute Gasteiger partial charge is 0.497 e. The number of rotatable bonds is 5. The number of hydrogen-bond donors (Lipinski definition) is 0. The Balaban J connectivity index is 2.08. The summed E-state index contributed by atoms with van der Waals surface area (Å²) < 4.78 is 11.8. The van der Waals surface area contributed by atoms with Crippen LogP contribution in [0.1, 0.15) is 12.5 Å². The predicted octanol–water partition coefficient (Wildman–Crippen LogP) is 4.20. The lowest BCUT2D eigenvalue weighted by Gasteiger charge is -2.24. The quantitative estimate of drug-likeness (QED) is 0.783. The highest BCUT2D eigenvalue weighted by molar-refractivity contribution is 9.10. The minimum atomic E-state index is -0.587. The molecule has 0 bridgehead atoms. The van der Waals surface area contributed by atoms with Gasteiger partial charge in [0, 0.05) is 17.2 Å². The molecule has 0 radical (unpaired) electrons. The molecule has 0 aliphatic rings. The lowest BCUT2D eigenvalue weighted by molar-refractivity contribution is -0.124. The van der Waals surface area contributed by atoms with Crippen LogP contribution >= 0.6 is 15.9 Å². The molecule has 5 heteroatoms. The number of benzene rings is 2. The summed E-state index contributed by atoms with van der Waals surface area (Å²) in [5, 5.41) is 0. The van der Waals surface area contributed by atoms with Gasteiger partial charge in [0.15, 0.2) is 6.10 Å². The summed E-state index contributed by atoms with van der Waals surface area (Å²) in [6.07, 6.45) is -0.587. The van der Waals surface area contributed by atoms with Crippen molar-refractivity contribution in [3.63, 3.8) is 0 Å². The standard InChI is InChI=1S/C18H20BrNO3/c1-12-11-14(19)5-10-17(12)20(3)18(21)13(2)23-16-8-6-15(22-4)7-9-16/h5-11,13H,1-4H3/t13-/m1/s1. The van der Waals surface area contributed by atoms with Gasteiger partial charge in [-0.05, 0) is 61.9 Å². The maximum Gasteiger partial charge on any atom is 0.267 e. The van der Waals surface area contributed by atoms with Gasteiger partial charge in [-0.1, -0.05) is 15.9 Å². The van der Waals surface area contributed by atoms with Crippen molar-refractivity contribution in [2.24, 2.45) is 0 Å². The number of methoxy groups -OCH3 is 1. The molecule has 1 atom stereocenters. The maximum atomic E-state index is 12.6. The SMILES string of the molecule is COc1ccc(O[C@H](C)C(=O)N(C)c2ccc(Br)cc2C)cc1. The number of amides is 1. The summed E-state index contributed by atoms with van der Waals surface area (Å²) in [7, 11) is 3.37. The molecule has 0 unspecified atom stereocenters. The summed E-state index contributed by atoms with van der Waals surface area (Å²) in [5.74, 6) is 1.28. The fourth-order valence-corrected chi connectivity index (χ4v) is 2.77. The van der Waals surface area contributed by atoms with Crippen molar-refractivity contribution in [3.05, 3.63) is 52.5 Å². The van der Waals surface area contributed by atoms with Gasteiger partial charge in [0.25, 0.3) is 5.91 Å². The summed E-state index contributed by atoms with van der Waals surface area (Å²) >= 11 is 3.43. The second kappa shape index (κ2) is 7.51. The monoisotopic (exact) mass is 377 g/mol. The Morgan fingerprint density at radius 2 is 1.74 bits per heavy atom. The molecule has 2 aromatic carbocycles. The van der Waals surface area contributed by atoms with Gasteiger partial charge in [-0.2, -0.15) is 0 Å². The normalized spacial score (nSPS) is 11.7. The highest BCUT2D eigenvalue weighted by atomic mass is 79.9. The molecule has 4 nitrogen and oxygen atoms in total. The lowest BCUT2D eigenvalue weighted by atomic mass is 10.2. The molecule has 23 heavy (non-hydrogen) atoms. The average Bonchev–Trinajstić information content (AvgIpc) is 2.54. The number of nitrogens with zero attached hydrogens (tertiary/aromatic N) is 1. The molecule has 2 rings (SSSR count). The molecule has 0 aliphatic carbocycles. The van der Waals surface area contributed by atoms with Crippen LogP contribution in [0.5, 0.6) is 11.5 Å². The van der Waals surface area contributed by atoms with Crippen LogP contribution in [0.3, 0.4) is 0 Å². The number of likely N-dealkylation sites (N-methyl/N-ethyl adjacent to an activating group) is 1. The Labute approximate surface area is 145 Å². The van der Waals surface area contributed by atoms with E-state index in [4.69, 9.17) is 9.47 Å². The van der Waals surface area contributed by atoms with Gasteiger partial charge < -0.3 is 14.4 Å². The number of halogens is 1.